The highest BCUT2D eigenvalue weighted by molar-refractivity contribution is 5.77. The number of benzene rings is 1. The molecular weight excluding hydrogens is 202 g/mol. The van der Waals surface area contributed by atoms with Crippen molar-refractivity contribution in [1.82, 2.24) is 5.32 Å². The lowest BCUT2D eigenvalue weighted by molar-refractivity contribution is -0.122. The molecule has 2 rings (SSSR count). The molecule has 1 atom stereocenters. The molecule has 1 fully saturated rings. The van der Waals surface area contributed by atoms with Crippen LogP contribution in [0.1, 0.15) is 37.9 Å². The average Bonchev–Trinajstić information content (AvgIpc) is 3.10. The zero-order chi connectivity index (χ0) is 11.6. The fourth-order valence-corrected chi connectivity index (χ4v) is 1.92. The summed E-state index contributed by atoms with van der Waals surface area (Å²) in [7, 11) is 0. The number of nitrogens with one attached hydrogen (secondary N) is 1. The monoisotopic (exact) mass is 219 g/mol. The molecule has 2 N–H and O–H groups in total. The highest BCUT2D eigenvalue weighted by Crippen LogP contribution is 2.45. The zero-order valence-corrected chi connectivity index (χ0v) is 9.44. The van der Waals surface area contributed by atoms with Gasteiger partial charge in [0.1, 0.15) is 6.10 Å². The Morgan fingerprint density at radius 2 is 2.06 bits per heavy atom. The van der Waals surface area contributed by atoms with E-state index in [9.17, 15) is 9.90 Å². The second-order valence-corrected chi connectivity index (χ2v) is 4.37. The van der Waals surface area contributed by atoms with Crippen molar-refractivity contribution in [2.75, 3.05) is 0 Å². The minimum Gasteiger partial charge on any atom is -0.386 e. The molecule has 3 heteroatoms. The minimum atomic E-state index is -0.593. The van der Waals surface area contributed by atoms with E-state index in [1.807, 2.05) is 37.3 Å². The molecule has 1 unspecified atom stereocenters. The summed E-state index contributed by atoms with van der Waals surface area (Å²) in [6.07, 6.45) is 1.58. The maximum Gasteiger partial charge on any atom is 0.220 e. The lowest BCUT2D eigenvalue weighted by atomic mass is 10.0. The fourth-order valence-electron chi connectivity index (χ4n) is 1.92. The summed E-state index contributed by atoms with van der Waals surface area (Å²) < 4.78 is 0. The first kappa shape index (κ1) is 11.1. The van der Waals surface area contributed by atoms with Crippen LogP contribution in [-0.4, -0.2) is 16.6 Å². The molecule has 1 aliphatic rings. The predicted molar refractivity (Wildman–Crippen MR) is 61.8 cm³/mol. The Labute approximate surface area is 95.5 Å². The number of aliphatic hydroxyl groups is 1. The molecule has 1 aromatic rings. The van der Waals surface area contributed by atoms with E-state index in [0.29, 0.717) is 6.42 Å². The van der Waals surface area contributed by atoms with Gasteiger partial charge in [-0.1, -0.05) is 37.3 Å². The van der Waals surface area contributed by atoms with Gasteiger partial charge in [-0.25, -0.2) is 0 Å². The van der Waals surface area contributed by atoms with Crippen LogP contribution < -0.4 is 5.32 Å². The van der Waals surface area contributed by atoms with Gasteiger partial charge in [0.2, 0.25) is 5.91 Å². The average molecular weight is 219 g/mol. The molecule has 0 saturated heterocycles. The first-order valence-electron chi connectivity index (χ1n) is 5.72. The number of hydrogen-bond donors (Lipinski definition) is 2. The van der Waals surface area contributed by atoms with E-state index in [4.69, 9.17) is 0 Å². The molecule has 16 heavy (non-hydrogen) atoms. The highest BCUT2D eigenvalue weighted by Gasteiger charge is 2.50. The molecular formula is C13H17NO2. The van der Waals surface area contributed by atoms with E-state index >= 15 is 0 Å². The molecule has 0 spiro atoms. The first-order valence-corrected chi connectivity index (χ1v) is 5.72. The van der Waals surface area contributed by atoms with Gasteiger partial charge >= 0.3 is 0 Å². The van der Waals surface area contributed by atoms with Crippen molar-refractivity contribution in [2.45, 2.75) is 37.8 Å². The number of carbonyl (C=O) groups excluding carboxylic acids is 1. The van der Waals surface area contributed by atoms with Gasteiger partial charge in [0.25, 0.3) is 0 Å². The normalized spacial score (nSPS) is 18.9. The Kier molecular flexibility index (Phi) is 2.97. The molecule has 1 aliphatic carbocycles. The summed E-state index contributed by atoms with van der Waals surface area (Å²) >= 11 is 0. The number of hydrogen-bond acceptors (Lipinski definition) is 2. The van der Waals surface area contributed by atoms with Crippen molar-refractivity contribution in [3.8, 4) is 0 Å². The Hall–Kier alpha value is -1.35. The maximum atomic E-state index is 11.4. The summed E-state index contributed by atoms with van der Waals surface area (Å²) in [5.74, 6) is 0.00693. The summed E-state index contributed by atoms with van der Waals surface area (Å²) in [4.78, 5) is 11.4. The second-order valence-electron chi connectivity index (χ2n) is 4.37. The largest absolute Gasteiger partial charge is 0.386 e. The first-order chi connectivity index (χ1) is 7.68. The Morgan fingerprint density at radius 1 is 1.44 bits per heavy atom. The van der Waals surface area contributed by atoms with Gasteiger partial charge in [-0.15, -0.1) is 0 Å². The van der Waals surface area contributed by atoms with Gasteiger partial charge in [0.05, 0.1) is 5.54 Å². The van der Waals surface area contributed by atoms with Crippen LogP contribution in [0.25, 0.3) is 0 Å². The molecule has 0 bridgehead atoms. The number of aliphatic hydroxyl groups excluding tert-OH is 1. The minimum absolute atomic E-state index is 0.00693. The Bertz CT molecular complexity index is 371. The van der Waals surface area contributed by atoms with Gasteiger partial charge in [-0.2, -0.15) is 0 Å². The molecule has 0 radical (unpaired) electrons. The summed E-state index contributed by atoms with van der Waals surface area (Å²) in [5.41, 5.74) is 0.463. The van der Waals surface area contributed by atoms with Crippen molar-refractivity contribution in [1.29, 1.82) is 0 Å². The van der Waals surface area contributed by atoms with Crippen molar-refractivity contribution in [2.24, 2.45) is 0 Å². The smallest absolute Gasteiger partial charge is 0.220 e. The van der Waals surface area contributed by atoms with E-state index in [-0.39, 0.29) is 5.91 Å². The maximum absolute atomic E-state index is 11.4. The Balaban J connectivity index is 2.10. The lowest BCUT2D eigenvalue weighted by Gasteiger charge is -2.23. The molecule has 0 aliphatic heterocycles. The van der Waals surface area contributed by atoms with Crippen LogP contribution in [0.15, 0.2) is 30.3 Å². The standard InChI is InChI=1S/C13H17NO2/c1-2-11(15)14-13(8-9-13)12(16)10-6-4-3-5-7-10/h3-7,12,16H,2,8-9H2,1H3,(H,14,15). The van der Waals surface area contributed by atoms with Crippen LogP contribution in [0.5, 0.6) is 0 Å². The molecule has 1 aromatic carbocycles. The second kappa shape index (κ2) is 4.26. The third kappa shape index (κ3) is 2.09. The topological polar surface area (TPSA) is 49.3 Å². The lowest BCUT2D eigenvalue weighted by Crippen LogP contribution is -2.41. The summed E-state index contributed by atoms with van der Waals surface area (Å²) in [5, 5.41) is 13.2. The van der Waals surface area contributed by atoms with E-state index in [2.05, 4.69) is 5.32 Å². The van der Waals surface area contributed by atoms with E-state index in [1.165, 1.54) is 0 Å². The quantitative estimate of drug-likeness (QED) is 0.811. The van der Waals surface area contributed by atoms with Gasteiger partial charge in [0.15, 0.2) is 0 Å². The molecule has 0 aromatic heterocycles. The van der Waals surface area contributed by atoms with E-state index in [0.717, 1.165) is 18.4 Å². The predicted octanol–water partition coefficient (Wildman–Crippen LogP) is 1.78. The van der Waals surface area contributed by atoms with Crippen LogP contribution in [0.3, 0.4) is 0 Å². The molecule has 1 amide bonds. The third-order valence-corrected chi connectivity index (χ3v) is 3.14. The van der Waals surface area contributed by atoms with Crippen molar-refractivity contribution in [3.05, 3.63) is 35.9 Å². The van der Waals surface area contributed by atoms with Gasteiger partial charge < -0.3 is 10.4 Å². The molecule has 86 valence electrons. The van der Waals surface area contributed by atoms with Gasteiger partial charge in [-0.05, 0) is 18.4 Å². The number of amides is 1. The highest BCUT2D eigenvalue weighted by atomic mass is 16.3. The van der Waals surface area contributed by atoms with Gasteiger partial charge in [-0.3, -0.25) is 4.79 Å². The molecule has 0 heterocycles. The number of rotatable bonds is 4. The van der Waals surface area contributed by atoms with Crippen molar-refractivity contribution < 1.29 is 9.90 Å². The summed E-state index contributed by atoms with van der Waals surface area (Å²) in [6, 6.07) is 9.50. The van der Waals surface area contributed by atoms with E-state index in [1.54, 1.807) is 0 Å². The SMILES string of the molecule is CCC(=O)NC1(C(O)c2ccccc2)CC1. The van der Waals surface area contributed by atoms with Gasteiger partial charge in [0, 0.05) is 6.42 Å². The Morgan fingerprint density at radius 3 is 2.56 bits per heavy atom. The van der Waals surface area contributed by atoms with Crippen LogP contribution in [0, 0.1) is 0 Å². The summed E-state index contributed by atoms with van der Waals surface area (Å²) in [6.45, 7) is 1.82. The molecule has 1 saturated carbocycles. The van der Waals surface area contributed by atoms with Crippen LogP contribution in [-0.2, 0) is 4.79 Å². The van der Waals surface area contributed by atoms with Crippen molar-refractivity contribution >= 4 is 5.91 Å². The zero-order valence-electron chi connectivity index (χ0n) is 9.44. The number of carbonyl (C=O) groups is 1. The third-order valence-electron chi connectivity index (χ3n) is 3.14. The van der Waals surface area contributed by atoms with E-state index < -0.39 is 11.6 Å². The van der Waals surface area contributed by atoms with Crippen LogP contribution in [0.2, 0.25) is 0 Å². The molecule has 3 nitrogen and oxygen atoms in total. The van der Waals surface area contributed by atoms with Crippen LogP contribution in [0.4, 0.5) is 0 Å². The van der Waals surface area contributed by atoms with Crippen LogP contribution >= 0.6 is 0 Å². The fraction of sp³-hybridized carbons (Fsp3) is 0.462. The van der Waals surface area contributed by atoms with Crippen molar-refractivity contribution in [3.63, 3.8) is 0 Å².